The second-order valence-corrected chi connectivity index (χ2v) is 4.08. The molecule has 16 heavy (non-hydrogen) atoms. The Kier molecular flexibility index (Phi) is 2.99. The van der Waals surface area contributed by atoms with Crippen LogP contribution in [0.15, 0.2) is 18.2 Å². The molecule has 1 aromatic rings. The third kappa shape index (κ3) is 2.10. The molecule has 4 nitrogen and oxygen atoms in total. The van der Waals surface area contributed by atoms with E-state index in [1.54, 1.807) is 25.3 Å². The smallest absolute Gasteiger partial charge is 0.227 e. The molecule has 3 N–H and O–H groups in total. The van der Waals surface area contributed by atoms with E-state index in [-0.39, 0.29) is 11.8 Å². The van der Waals surface area contributed by atoms with Crippen molar-refractivity contribution in [3.63, 3.8) is 0 Å². The summed E-state index contributed by atoms with van der Waals surface area (Å²) in [7, 11) is 1.56. The number of methoxy groups -OCH3 is 1. The molecule has 0 spiro atoms. The van der Waals surface area contributed by atoms with E-state index in [1.165, 1.54) is 0 Å². The Labute approximate surface area is 94.8 Å². The number of ether oxygens (including phenoxy) is 1. The second-order valence-electron chi connectivity index (χ2n) is 4.08. The summed E-state index contributed by atoms with van der Waals surface area (Å²) >= 11 is 0. The number of carbonyl (C=O) groups excluding carboxylic acids is 1. The molecule has 1 aliphatic rings. The number of nitrogens with one attached hydrogen (secondary N) is 1. The van der Waals surface area contributed by atoms with Crippen LogP contribution in [0.1, 0.15) is 19.3 Å². The van der Waals surface area contributed by atoms with Crippen molar-refractivity contribution >= 4 is 17.3 Å². The van der Waals surface area contributed by atoms with Crippen LogP contribution in [0.4, 0.5) is 11.4 Å². The highest BCUT2D eigenvalue weighted by Gasteiger charge is 2.25. The summed E-state index contributed by atoms with van der Waals surface area (Å²) < 4.78 is 5.16. The predicted octanol–water partition coefficient (Wildman–Crippen LogP) is 2.02. The Hall–Kier alpha value is -1.71. The quantitative estimate of drug-likeness (QED) is 0.766. The highest BCUT2D eigenvalue weighted by atomic mass is 16.5. The van der Waals surface area contributed by atoms with Crippen LogP contribution >= 0.6 is 0 Å². The zero-order valence-corrected chi connectivity index (χ0v) is 9.32. The van der Waals surface area contributed by atoms with E-state index in [2.05, 4.69) is 5.32 Å². The number of hydrogen-bond acceptors (Lipinski definition) is 3. The third-order valence-corrected chi connectivity index (χ3v) is 2.96. The summed E-state index contributed by atoms with van der Waals surface area (Å²) in [5.41, 5.74) is 6.95. The molecular formula is C12H16N2O2. The van der Waals surface area contributed by atoms with Gasteiger partial charge in [0.15, 0.2) is 0 Å². The molecule has 1 fully saturated rings. The largest absolute Gasteiger partial charge is 0.494 e. The van der Waals surface area contributed by atoms with Gasteiger partial charge < -0.3 is 15.8 Å². The van der Waals surface area contributed by atoms with Crippen molar-refractivity contribution in [2.45, 2.75) is 19.3 Å². The van der Waals surface area contributed by atoms with E-state index in [1.807, 2.05) is 0 Å². The summed E-state index contributed by atoms with van der Waals surface area (Å²) in [6, 6.07) is 5.22. The number of amides is 1. The molecule has 1 saturated carbocycles. The number of benzene rings is 1. The average molecular weight is 220 g/mol. The number of carbonyl (C=O) groups is 1. The van der Waals surface area contributed by atoms with Crippen molar-refractivity contribution in [2.75, 3.05) is 18.2 Å². The molecule has 86 valence electrons. The molecule has 0 unspecified atom stereocenters. The first-order chi connectivity index (χ1) is 7.70. The van der Waals surface area contributed by atoms with E-state index < -0.39 is 0 Å². The first-order valence-electron chi connectivity index (χ1n) is 5.45. The molecule has 4 heteroatoms. The van der Waals surface area contributed by atoms with Gasteiger partial charge in [0, 0.05) is 17.7 Å². The van der Waals surface area contributed by atoms with Gasteiger partial charge in [0.1, 0.15) is 5.75 Å². The average Bonchev–Trinajstić information content (AvgIpc) is 2.18. The SMILES string of the molecule is COc1cc(N)ccc1NC(=O)C1CCC1. The Morgan fingerprint density at radius 3 is 2.81 bits per heavy atom. The first-order valence-corrected chi connectivity index (χ1v) is 5.45. The van der Waals surface area contributed by atoms with Crippen LogP contribution in [-0.2, 0) is 4.79 Å². The lowest BCUT2D eigenvalue weighted by Gasteiger charge is -2.24. The van der Waals surface area contributed by atoms with Crippen molar-refractivity contribution in [1.29, 1.82) is 0 Å². The van der Waals surface area contributed by atoms with E-state index >= 15 is 0 Å². The molecule has 1 amide bonds. The summed E-state index contributed by atoms with van der Waals surface area (Å²) in [6.45, 7) is 0. The normalized spacial score (nSPS) is 15.3. The van der Waals surface area contributed by atoms with Gasteiger partial charge in [-0.25, -0.2) is 0 Å². The van der Waals surface area contributed by atoms with Crippen LogP contribution in [0.5, 0.6) is 5.75 Å². The Bertz CT molecular complexity index is 400. The minimum absolute atomic E-state index is 0.0781. The standard InChI is InChI=1S/C12H16N2O2/c1-16-11-7-9(13)5-6-10(11)14-12(15)8-3-2-4-8/h5-8H,2-4,13H2,1H3,(H,14,15). The second kappa shape index (κ2) is 4.43. The molecule has 0 heterocycles. The Morgan fingerprint density at radius 2 is 2.25 bits per heavy atom. The molecule has 0 bridgehead atoms. The van der Waals surface area contributed by atoms with Gasteiger partial charge in [-0.15, -0.1) is 0 Å². The van der Waals surface area contributed by atoms with Crippen LogP contribution < -0.4 is 15.8 Å². The van der Waals surface area contributed by atoms with E-state index in [0.29, 0.717) is 17.1 Å². The lowest BCUT2D eigenvalue weighted by Crippen LogP contribution is -2.28. The van der Waals surface area contributed by atoms with E-state index in [0.717, 1.165) is 19.3 Å². The molecule has 0 atom stereocenters. The first kappa shape index (κ1) is 10.8. The third-order valence-electron chi connectivity index (χ3n) is 2.96. The van der Waals surface area contributed by atoms with Crippen molar-refractivity contribution in [2.24, 2.45) is 5.92 Å². The Balaban J connectivity index is 2.10. The van der Waals surface area contributed by atoms with Crippen LogP contribution in [-0.4, -0.2) is 13.0 Å². The predicted molar refractivity (Wildman–Crippen MR) is 63.4 cm³/mol. The van der Waals surface area contributed by atoms with Gasteiger partial charge in [-0.2, -0.15) is 0 Å². The fourth-order valence-corrected chi connectivity index (χ4v) is 1.72. The number of rotatable bonds is 3. The topological polar surface area (TPSA) is 64.3 Å². The van der Waals surface area contributed by atoms with Crippen LogP contribution in [0.2, 0.25) is 0 Å². The van der Waals surface area contributed by atoms with Crippen LogP contribution in [0.25, 0.3) is 0 Å². The van der Waals surface area contributed by atoms with E-state index in [4.69, 9.17) is 10.5 Å². The molecule has 2 rings (SSSR count). The zero-order valence-electron chi connectivity index (χ0n) is 9.32. The molecule has 0 aliphatic heterocycles. The van der Waals surface area contributed by atoms with Gasteiger partial charge >= 0.3 is 0 Å². The highest BCUT2D eigenvalue weighted by molar-refractivity contribution is 5.94. The summed E-state index contributed by atoms with van der Waals surface area (Å²) in [5, 5.41) is 2.87. The molecule has 0 radical (unpaired) electrons. The Morgan fingerprint density at radius 1 is 1.50 bits per heavy atom. The lowest BCUT2D eigenvalue weighted by atomic mass is 9.85. The van der Waals surface area contributed by atoms with Crippen molar-refractivity contribution in [3.05, 3.63) is 18.2 Å². The van der Waals surface area contributed by atoms with Crippen molar-refractivity contribution in [3.8, 4) is 5.75 Å². The maximum absolute atomic E-state index is 11.7. The van der Waals surface area contributed by atoms with Gasteiger partial charge in [0.05, 0.1) is 12.8 Å². The monoisotopic (exact) mass is 220 g/mol. The zero-order chi connectivity index (χ0) is 11.5. The minimum atomic E-state index is 0.0781. The molecule has 0 saturated heterocycles. The summed E-state index contributed by atoms with van der Waals surface area (Å²) in [6.07, 6.45) is 3.13. The number of nitrogen functional groups attached to an aromatic ring is 1. The van der Waals surface area contributed by atoms with Crippen LogP contribution in [0.3, 0.4) is 0 Å². The van der Waals surface area contributed by atoms with Crippen molar-refractivity contribution < 1.29 is 9.53 Å². The molecular weight excluding hydrogens is 204 g/mol. The highest BCUT2D eigenvalue weighted by Crippen LogP contribution is 2.31. The fraction of sp³-hybridized carbons (Fsp3) is 0.417. The van der Waals surface area contributed by atoms with Gasteiger partial charge in [-0.1, -0.05) is 6.42 Å². The molecule has 0 aromatic heterocycles. The number of hydrogen-bond donors (Lipinski definition) is 2. The maximum Gasteiger partial charge on any atom is 0.227 e. The van der Waals surface area contributed by atoms with Gasteiger partial charge in [0.2, 0.25) is 5.91 Å². The lowest BCUT2D eigenvalue weighted by molar-refractivity contribution is -0.122. The molecule has 1 aromatic carbocycles. The summed E-state index contributed by atoms with van der Waals surface area (Å²) in [5.74, 6) is 0.851. The maximum atomic E-state index is 11.7. The van der Waals surface area contributed by atoms with Gasteiger partial charge in [-0.3, -0.25) is 4.79 Å². The van der Waals surface area contributed by atoms with Gasteiger partial charge in [0.25, 0.3) is 0 Å². The molecule has 1 aliphatic carbocycles. The minimum Gasteiger partial charge on any atom is -0.494 e. The van der Waals surface area contributed by atoms with Crippen LogP contribution in [0, 0.1) is 5.92 Å². The fourth-order valence-electron chi connectivity index (χ4n) is 1.72. The number of nitrogens with two attached hydrogens (primary N) is 1. The summed E-state index contributed by atoms with van der Waals surface area (Å²) in [4.78, 5) is 11.7. The van der Waals surface area contributed by atoms with E-state index in [9.17, 15) is 4.79 Å². The van der Waals surface area contributed by atoms with Gasteiger partial charge in [-0.05, 0) is 25.0 Å². The number of anilines is 2. The van der Waals surface area contributed by atoms with Crippen molar-refractivity contribution in [1.82, 2.24) is 0 Å².